The van der Waals surface area contributed by atoms with Crippen molar-refractivity contribution in [3.63, 3.8) is 0 Å². The SMILES string of the molecule is Cc1c(CCC(=O)O)c2c([N+](=O)[O-])cc(C3CC3)cc2n1C. The van der Waals surface area contributed by atoms with Crippen molar-refractivity contribution < 1.29 is 14.8 Å². The average molecular weight is 302 g/mol. The lowest BCUT2D eigenvalue weighted by molar-refractivity contribution is -0.383. The highest BCUT2D eigenvalue weighted by molar-refractivity contribution is 5.94. The molecular formula is C16H18N2O4. The van der Waals surface area contributed by atoms with Gasteiger partial charge in [0.05, 0.1) is 15.8 Å². The third kappa shape index (κ3) is 2.34. The summed E-state index contributed by atoms with van der Waals surface area (Å²) in [5.41, 5.74) is 3.61. The predicted octanol–water partition coefficient (Wildman–Crippen LogP) is 3.29. The van der Waals surface area contributed by atoms with Gasteiger partial charge in [-0.15, -0.1) is 0 Å². The van der Waals surface area contributed by atoms with E-state index in [1.165, 1.54) is 0 Å². The summed E-state index contributed by atoms with van der Waals surface area (Å²) in [7, 11) is 1.88. The lowest BCUT2D eigenvalue weighted by Gasteiger charge is -2.03. The first kappa shape index (κ1) is 14.6. The van der Waals surface area contributed by atoms with Crippen LogP contribution in [0.2, 0.25) is 0 Å². The standard InChI is InChI=1S/C16H18N2O4/c1-9-12(5-6-15(19)20)16-13(17(9)2)7-11(10-3-4-10)8-14(16)18(21)22/h7-8,10H,3-6H2,1-2H3,(H,19,20). The zero-order valence-corrected chi connectivity index (χ0v) is 12.6. The molecule has 0 radical (unpaired) electrons. The Kier molecular flexibility index (Phi) is 3.39. The van der Waals surface area contributed by atoms with Crippen molar-refractivity contribution in [3.8, 4) is 0 Å². The minimum Gasteiger partial charge on any atom is -0.481 e. The van der Waals surface area contributed by atoms with E-state index in [1.54, 1.807) is 6.07 Å². The highest BCUT2D eigenvalue weighted by Crippen LogP contribution is 2.44. The molecule has 0 unspecified atom stereocenters. The maximum absolute atomic E-state index is 11.5. The van der Waals surface area contributed by atoms with Gasteiger partial charge >= 0.3 is 5.97 Å². The molecule has 0 saturated heterocycles. The zero-order chi connectivity index (χ0) is 16.0. The molecule has 22 heavy (non-hydrogen) atoms. The van der Waals surface area contributed by atoms with Gasteiger partial charge in [0, 0.05) is 25.2 Å². The van der Waals surface area contributed by atoms with E-state index >= 15 is 0 Å². The van der Waals surface area contributed by atoms with Crippen molar-refractivity contribution >= 4 is 22.6 Å². The number of carboxylic acid groups (broad SMARTS) is 1. The zero-order valence-electron chi connectivity index (χ0n) is 12.6. The van der Waals surface area contributed by atoms with Gasteiger partial charge in [-0.2, -0.15) is 0 Å². The Morgan fingerprint density at radius 2 is 2.14 bits per heavy atom. The van der Waals surface area contributed by atoms with Crippen LogP contribution in [0, 0.1) is 17.0 Å². The van der Waals surface area contributed by atoms with Crippen molar-refractivity contribution in [3.05, 3.63) is 39.1 Å². The third-order valence-corrected chi connectivity index (χ3v) is 4.56. The van der Waals surface area contributed by atoms with Crippen molar-refractivity contribution in [1.29, 1.82) is 0 Å². The Labute approximate surface area is 127 Å². The molecule has 6 heteroatoms. The summed E-state index contributed by atoms with van der Waals surface area (Å²) in [6.07, 6.45) is 2.44. The number of aryl methyl sites for hydroxylation is 2. The van der Waals surface area contributed by atoms with Crippen LogP contribution in [-0.2, 0) is 18.3 Å². The summed E-state index contributed by atoms with van der Waals surface area (Å²) < 4.78 is 1.94. The molecule has 116 valence electrons. The van der Waals surface area contributed by atoms with E-state index in [2.05, 4.69) is 0 Å². The molecule has 1 aromatic carbocycles. The van der Waals surface area contributed by atoms with Crippen LogP contribution in [-0.4, -0.2) is 20.6 Å². The summed E-state index contributed by atoms with van der Waals surface area (Å²) >= 11 is 0. The molecule has 0 atom stereocenters. The molecule has 0 bridgehead atoms. The monoisotopic (exact) mass is 302 g/mol. The van der Waals surface area contributed by atoms with E-state index in [9.17, 15) is 14.9 Å². The molecule has 1 aliphatic rings. The fourth-order valence-corrected chi connectivity index (χ4v) is 3.10. The Morgan fingerprint density at radius 1 is 1.45 bits per heavy atom. The van der Waals surface area contributed by atoms with Gasteiger partial charge in [-0.25, -0.2) is 0 Å². The van der Waals surface area contributed by atoms with Crippen LogP contribution < -0.4 is 0 Å². The van der Waals surface area contributed by atoms with Gasteiger partial charge in [-0.3, -0.25) is 14.9 Å². The van der Waals surface area contributed by atoms with E-state index in [0.29, 0.717) is 17.7 Å². The van der Waals surface area contributed by atoms with Gasteiger partial charge in [0.2, 0.25) is 0 Å². The first-order valence-corrected chi connectivity index (χ1v) is 7.38. The number of rotatable bonds is 5. The summed E-state index contributed by atoms with van der Waals surface area (Å²) in [5.74, 6) is -0.463. The number of aliphatic carboxylic acids is 1. The maximum Gasteiger partial charge on any atom is 0.303 e. The molecule has 1 aromatic heterocycles. The Balaban J connectivity index is 2.24. The molecular weight excluding hydrogens is 284 g/mol. The third-order valence-electron chi connectivity index (χ3n) is 4.56. The normalized spacial score (nSPS) is 14.5. The highest BCUT2D eigenvalue weighted by atomic mass is 16.6. The molecule has 1 N–H and O–H groups in total. The molecule has 1 aliphatic carbocycles. The number of nitrogens with zero attached hydrogens (tertiary/aromatic N) is 2. The fraction of sp³-hybridized carbons (Fsp3) is 0.438. The Hall–Kier alpha value is -2.37. The first-order valence-electron chi connectivity index (χ1n) is 7.38. The van der Waals surface area contributed by atoms with Gasteiger partial charge in [0.15, 0.2) is 0 Å². The van der Waals surface area contributed by atoms with Crippen LogP contribution in [0.3, 0.4) is 0 Å². The van der Waals surface area contributed by atoms with Crippen LogP contribution >= 0.6 is 0 Å². The summed E-state index contributed by atoms with van der Waals surface area (Å²) in [5, 5.41) is 21.0. The van der Waals surface area contributed by atoms with Crippen LogP contribution in [0.25, 0.3) is 10.9 Å². The predicted molar refractivity (Wildman–Crippen MR) is 82.2 cm³/mol. The topological polar surface area (TPSA) is 85.4 Å². The molecule has 3 rings (SSSR count). The van der Waals surface area contributed by atoms with Crippen LogP contribution in [0.15, 0.2) is 12.1 Å². The number of carboxylic acids is 1. The molecule has 0 amide bonds. The number of hydrogen-bond donors (Lipinski definition) is 1. The molecule has 2 aromatic rings. The number of non-ortho nitro benzene ring substituents is 1. The second-order valence-corrected chi connectivity index (χ2v) is 5.98. The highest BCUT2D eigenvalue weighted by Gasteiger charge is 2.29. The van der Waals surface area contributed by atoms with E-state index in [0.717, 1.165) is 35.2 Å². The first-order chi connectivity index (χ1) is 10.4. The fourth-order valence-electron chi connectivity index (χ4n) is 3.10. The van der Waals surface area contributed by atoms with Gasteiger partial charge < -0.3 is 9.67 Å². The van der Waals surface area contributed by atoms with Crippen molar-refractivity contribution in [1.82, 2.24) is 4.57 Å². The van der Waals surface area contributed by atoms with Gasteiger partial charge in [-0.05, 0) is 49.3 Å². The second-order valence-electron chi connectivity index (χ2n) is 5.98. The smallest absolute Gasteiger partial charge is 0.303 e. The molecule has 6 nitrogen and oxygen atoms in total. The van der Waals surface area contributed by atoms with E-state index in [4.69, 9.17) is 5.11 Å². The van der Waals surface area contributed by atoms with E-state index < -0.39 is 5.97 Å². The molecule has 1 saturated carbocycles. The number of nitro groups is 1. The van der Waals surface area contributed by atoms with Crippen LogP contribution in [0.5, 0.6) is 0 Å². The lowest BCUT2D eigenvalue weighted by atomic mass is 10.0. The van der Waals surface area contributed by atoms with Crippen molar-refractivity contribution in [2.75, 3.05) is 0 Å². The largest absolute Gasteiger partial charge is 0.481 e. The number of fused-ring (bicyclic) bond motifs is 1. The summed E-state index contributed by atoms with van der Waals surface area (Å²) in [4.78, 5) is 22.0. The molecule has 0 spiro atoms. The maximum atomic E-state index is 11.5. The minimum atomic E-state index is -0.895. The Morgan fingerprint density at radius 3 is 2.68 bits per heavy atom. The van der Waals surface area contributed by atoms with Crippen LogP contribution in [0.1, 0.15) is 42.0 Å². The molecule has 1 fully saturated rings. The van der Waals surface area contributed by atoms with E-state index in [-0.39, 0.29) is 17.0 Å². The number of hydrogen-bond acceptors (Lipinski definition) is 3. The van der Waals surface area contributed by atoms with Gasteiger partial charge in [0.25, 0.3) is 5.69 Å². The molecule has 1 heterocycles. The van der Waals surface area contributed by atoms with E-state index in [1.807, 2.05) is 24.6 Å². The number of benzene rings is 1. The number of nitro benzene ring substituents is 1. The van der Waals surface area contributed by atoms with Crippen molar-refractivity contribution in [2.45, 2.75) is 38.5 Å². The molecule has 0 aliphatic heterocycles. The number of aromatic nitrogens is 1. The lowest BCUT2D eigenvalue weighted by Crippen LogP contribution is -2.00. The summed E-state index contributed by atoms with van der Waals surface area (Å²) in [6.45, 7) is 1.89. The average Bonchev–Trinajstić information content (AvgIpc) is 3.27. The summed E-state index contributed by atoms with van der Waals surface area (Å²) in [6, 6.07) is 3.70. The van der Waals surface area contributed by atoms with Gasteiger partial charge in [0.1, 0.15) is 0 Å². The van der Waals surface area contributed by atoms with Crippen LogP contribution in [0.4, 0.5) is 5.69 Å². The number of carbonyl (C=O) groups is 1. The second kappa shape index (κ2) is 5.12. The Bertz CT molecular complexity index is 787. The van der Waals surface area contributed by atoms with Gasteiger partial charge in [-0.1, -0.05) is 0 Å². The quantitative estimate of drug-likeness (QED) is 0.678. The minimum absolute atomic E-state index is 0.0263. The van der Waals surface area contributed by atoms with Crippen molar-refractivity contribution in [2.24, 2.45) is 7.05 Å².